The fourth-order valence-corrected chi connectivity index (χ4v) is 3.70. The number of hydrogen-bond acceptors (Lipinski definition) is 6. The molecular formula is C22H17N5O4. The zero-order valence-electron chi connectivity index (χ0n) is 16.7. The van der Waals surface area contributed by atoms with Crippen LogP contribution in [0.1, 0.15) is 16.2 Å². The highest BCUT2D eigenvalue weighted by Gasteiger charge is 2.26. The van der Waals surface area contributed by atoms with E-state index in [9.17, 15) is 9.59 Å². The average Bonchev–Trinajstić information content (AvgIpc) is 3.34. The highest BCUT2D eigenvalue weighted by Crippen LogP contribution is 2.31. The summed E-state index contributed by atoms with van der Waals surface area (Å²) in [5.41, 5.74) is 8.10. The summed E-state index contributed by atoms with van der Waals surface area (Å²) in [5, 5.41) is 3.02. The second-order valence-corrected chi connectivity index (χ2v) is 6.97. The second kappa shape index (κ2) is 6.84. The van der Waals surface area contributed by atoms with Crippen LogP contribution in [0.3, 0.4) is 0 Å². The number of aryl methyl sites for hydroxylation is 1. The predicted octanol–water partition coefficient (Wildman–Crippen LogP) is 2.91. The molecule has 3 aromatic heterocycles. The molecule has 31 heavy (non-hydrogen) atoms. The number of oxazole rings is 1. The normalized spacial score (nSPS) is 11.3. The van der Waals surface area contributed by atoms with E-state index in [4.69, 9.17) is 14.9 Å². The molecule has 3 N–H and O–H groups in total. The molecule has 1 amide bonds. The molecule has 0 unspecified atom stereocenters. The Morgan fingerprint density at radius 1 is 1.10 bits per heavy atom. The predicted molar refractivity (Wildman–Crippen MR) is 114 cm³/mol. The Labute approximate surface area is 175 Å². The van der Waals surface area contributed by atoms with Crippen molar-refractivity contribution in [2.75, 3.05) is 7.11 Å². The molecule has 0 atom stereocenters. The molecule has 9 heteroatoms. The molecule has 0 spiro atoms. The maximum absolute atomic E-state index is 13.4. The molecule has 9 nitrogen and oxygen atoms in total. The van der Waals surface area contributed by atoms with Crippen LogP contribution in [0.2, 0.25) is 0 Å². The van der Waals surface area contributed by atoms with Gasteiger partial charge in [0.1, 0.15) is 17.0 Å². The Balaban J connectivity index is 1.84. The van der Waals surface area contributed by atoms with Gasteiger partial charge in [0.15, 0.2) is 16.7 Å². The number of nitrogens with one attached hydrogen (secondary N) is 1. The lowest BCUT2D eigenvalue weighted by atomic mass is 10.1. The summed E-state index contributed by atoms with van der Waals surface area (Å²) in [5.74, 6) is -0.445. The lowest BCUT2D eigenvalue weighted by Crippen LogP contribution is -2.25. The summed E-state index contributed by atoms with van der Waals surface area (Å²) in [6, 6.07) is 14.6. The first-order chi connectivity index (χ1) is 15.0. The van der Waals surface area contributed by atoms with E-state index < -0.39 is 11.5 Å². The molecule has 0 aliphatic rings. The largest absolute Gasteiger partial charge is 0.494 e. The maximum Gasteiger partial charge on any atom is 0.286 e. The molecule has 0 fully saturated rings. The number of rotatable bonds is 4. The van der Waals surface area contributed by atoms with Gasteiger partial charge in [0.05, 0.1) is 7.11 Å². The molecule has 0 bridgehead atoms. The van der Waals surface area contributed by atoms with Crippen molar-refractivity contribution in [2.24, 2.45) is 5.73 Å². The SMILES string of the molecule is COc1cccc2oc(-c3c(C(N)=O)nc4c(-c5ccccc5)c(C)[nH]n4c3=O)nc12. The first kappa shape index (κ1) is 18.6. The first-order valence-electron chi connectivity index (χ1n) is 9.44. The van der Waals surface area contributed by atoms with Crippen molar-refractivity contribution in [3.05, 3.63) is 70.3 Å². The highest BCUT2D eigenvalue weighted by atomic mass is 16.5. The van der Waals surface area contributed by atoms with Crippen molar-refractivity contribution in [3.63, 3.8) is 0 Å². The summed E-state index contributed by atoms with van der Waals surface area (Å²) in [7, 11) is 1.51. The van der Waals surface area contributed by atoms with E-state index in [1.807, 2.05) is 37.3 Å². The Morgan fingerprint density at radius 3 is 2.58 bits per heavy atom. The highest BCUT2D eigenvalue weighted by molar-refractivity contribution is 5.98. The number of aromatic nitrogens is 4. The number of carbonyl (C=O) groups is 1. The third-order valence-corrected chi connectivity index (χ3v) is 5.07. The Morgan fingerprint density at radius 2 is 1.87 bits per heavy atom. The number of hydrogen-bond donors (Lipinski definition) is 2. The molecule has 3 heterocycles. The lowest BCUT2D eigenvalue weighted by Gasteiger charge is -2.05. The number of H-pyrrole nitrogens is 1. The summed E-state index contributed by atoms with van der Waals surface area (Å²) in [6.45, 7) is 1.82. The van der Waals surface area contributed by atoms with E-state index in [1.54, 1.807) is 18.2 Å². The fourth-order valence-electron chi connectivity index (χ4n) is 3.70. The van der Waals surface area contributed by atoms with E-state index in [2.05, 4.69) is 15.1 Å². The van der Waals surface area contributed by atoms with E-state index in [0.717, 1.165) is 5.56 Å². The van der Waals surface area contributed by atoms with E-state index in [-0.39, 0.29) is 17.1 Å². The van der Waals surface area contributed by atoms with Gasteiger partial charge in [0.2, 0.25) is 5.89 Å². The zero-order chi connectivity index (χ0) is 21.7. The van der Waals surface area contributed by atoms with Gasteiger partial charge in [-0.2, -0.15) is 0 Å². The van der Waals surface area contributed by atoms with Gasteiger partial charge in [0, 0.05) is 11.3 Å². The van der Waals surface area contributed by atoms with Crippen LogP contribution in [-0.2, 0) is 0 Å². The number of fused-ring (bicyclic) bond motifs is 2. The number of methoxy groups -OCH3 is 1. The van der Waals surface area contributed by atoms with Crippen molar-refractivity contribution >= 4 is 22.7 Å². The van der Waals surface area contributed by atoms with E-state index >= 15 is 0 Å². The van der Waals surface area contributed by atoms with Gasteiger partial charge in [-0.25, -0.2) is 14.5 Å². The average molecular weight is 415 g/mol. The second-order valence-electron chi connectivity index (χ2n) is 6.97. The first-order valence-corrected chi connectivity index (χ1v) is 9.44. The third kappa shape index (κ3) is 2.78. The van der Waals surface area contributed by atoms with E-state index in [1.165, 1.54) is 11.6 Å². The van der Waals surface area contributed by atoms with Crippen molar-refractivity contribution in [2.45, 2.75) is 6.92 Å². The topological polar surface area (TPSA) is 129 Å². The van der Waals surface area contributed by atoms with Crippen LogP contribution >= 0.6 is 0 Å². The van der Waals surface area contributed by atoms with Crippen molar-refractivity contribution < 1.29 is 13.9 Å². The minimum absolute atomic E-state index is 0.0614. The quantitative estimate of drug-likeness (QED) is 0.464. The van der Waals surface area contributed by atoms with Crippen molar-refractivity contribution in [1.82, 2.24) is 19.6 Å². The minimum Gasteiger partial charge on any atom is -0.494 e. The monoisotopic (exact) mass is 415 g/mol. The number of benzene rings is 2. The van der Waals surface area contributed by atoms with Gasteiger partial charge >= 0.3 is 0 Å². The van der Waals surface area contributed by atoms with Crippen molar-refractivity contribution in [3.8, 4) is 28.3 Å². The van der Waals surface area contributed by atoms with Crippen LogP contribution in [-0.4, -0.2) is 32.6 Å². The van der Waals surface area contributed by atoms with Crippen molar-refractivity contribution in [1.29, 1.82) is 0 Å². The molecule has 0 radical (unpaired) electrons. The van der Waals surface area contributed by atoms with Gasteiger partial charge in [-0.1, -0.05) is 36.4 Å². The molecule has 0 saturated carbocycles. The number of carbonyl (C=O) groups excluding carboxylic acids is 1. The van der Waals surface area contributed by atoms with Crippen LogP contribution in [0.15, 0.2) is 57.7 Å². The number of primary amides is 1. The minimum atomic E-state index is -0.860. The maximum atomic E-state index is 13.4. The molecule has 0 aliphatic carbocycles. The molecule has 0 saturated heterocycles. The van der Waals surface area contributed by atoms with E-state index in [0.29, 0.717) is 33.8 Å². The number of amides is 1. The molecular weight excluding hydrogens is 398 g/mol. The Bertz CT molecular complexity index is 1530. The number of para-hydroxylation sites is 1. The molecule has 5 aromatic rings. The molecule has 0 aliphatic heterocycles. The number of ether oxygens (including phenoxy) is 1. The van der Waals surface area contributed by atoms with Crippen LogP contribution in [0.5, 0.6) is 5.75 Å². The summed E-state index contributed by atoms with van der Waals surface area (Å²) in [4.78, 5) is 34.6. The van der Waals surface area contributed by atoms with Crippen LogP contribution < -0.4 is 16.0 Å². The third-order valence-electron chi connectivity index (χ3n) is 5.07. The Hall–Kier alpha value is -4.40. The molecule has 154 valence electrons. The smallest absolute Gasteiger partial charge is 0.286 e. The number of aromatic amines is 1. The number of nitrogens with two attached hydrogens (primary N) is 1. The van der Waals surface area contributed by atoms with Crippen LogP contribution in [0.25, 0.3) is 39.3 Å². The van der Waals surface area contributed by atoms with Crippen LogP contribution in [0, 0.1) is 6.92 Å². The molecule has 5 rings (SSSR count). The molecule has 2 aromatic carbocycles. The van der Waals surface area contributed by atoms with Gasteiger partial charge in [-0.05, 0) is 24.6 Å². The van der Waals surface area contributed by atoms with Crippen LogP contribution in [0.4, 0.5) is 0 Å². The van der Waals surface area contributed by atoms with Gasteiger partial charge in [-0.3, -0.25) is 14.7 Å². The summed E-state index contributed by atoms with van der Waals surface area (Å²) < 4.78 is 12.3. The number of nitrogens with zero attached hydrogens (tertiary/aromatic N) is 3. The lowest BCUT2D eigenvalue weighted by molar-refractivity contribution is 0.0996. The Kier molecular flexibility index (Phi) is 4.11. The van der Waals surface area contributed by atoms with Gasteiger partial charge in [-0.15, -0.1) is 0 Å². The fraction of sp³-hybridized carbons (Fsp3) is 0.0909. The summed E-state index contributed by atoms with van der Waals surface area (Å²) >= 11 is 0. The van der Waals surface area contributed by atoms with Gasteiger partial charge in [0.25, 0.3) is 11.5 Å². The standard InChI is InChI=1S/C22H17N5O4/c1-11-15(12-7-4-3-5-8-12)20-24-18(19(23)28)16(22(29)27(20)26-11)21-25-17-13(30-2)9-6-10-14(17)31-21/h3-10,26H,1-2H3,(H2,23,28). The van der Waals surface area contributed by atoms with Gasteiger partial charge < -0.3 is 14.9 Å². The summed E-state index contributed by atoms with van der Waals surface area (Å²) in [6.07, 6.45) is 0. The zero-order valence-corrected chi connectivity index (χ0v) is 16.7.